The van der Waals surface area contributed by atoms with E-state index in [2.05, 4.69) is 23.9 Å². The number of nitrogens with one attached hydrogen (secondary N) is 2. The summed E-state index contributed by atoms with van der Waals surface area (Å²) in [5.74, 6) is 0.144. The normalized spacial score (nSPS) is 15.5. The third-order valence-electron chi connectivity index (χ3n) is 4.66. The molecule has 1 unspecified atom stereocenters. The zero-order valence-corrected chi connectivity index (χ0v) is 15.8. The van der Waals surface area contributed by atoms with E-state index in [-0.39, 0.29) is 16.8 Å². The lowest BCUT2D eigenvalue weighted by molar-refractivity contribution is 0.102. The Labute approximate surface area is 154 Å². The summed E-state index contributed by atoms with van der Waals surface area (Å²) in [6.45, 7) is 4.30. The number of carbonyl (C=O) groups excluding carboxylic acids is 1. The Kier molecular flexibility index (Phi) is 5.44. The maximum absolute atomic E-state index is 12.5. The van der Waals surface area contributed by atoms with Crippen LogP contribution >= 0.6 is 0 Å². The number of benzene rings is 2. The molecule has 1 fully saturated rings. The number of amides is 1. The van der Waals surface area contributed by atoms with Gasteiger partial charge in [-0.1, -0.05) is 32.0 Å². The molecular formula is C20H24N2O3S. The van der Waals surface area contributed by atoms with E-state index in [9.17, 15) is 13.2 Å². The number of sulfonamides is 1. The summed E-state index contributed by atoms with van der Waals surface area (Å²) in [6, 6.07) is 13.9. The molecule has 1 aliphatic rings. The first-order valence-corrected chi connectivity index (χ1v) is 10.4. The number of hydrogen-bond acceptors (Lipinski definition) is 3. The Morgan fingerprint density at radius 1 is 1.15 bits per heavy atom. The van der Waals surface area contributed by atoms with E-state index in [0.29, 0.717) is 17.2 Å². The molecule has 0 saturated heterocycles. The molecule has 26 heavy (non-hydrogen) atoms. The van der Waals surface area contributed by atoms with Gasteiger partial charge in [0.25, 0.3) is 5.91 Å². The molecule has 2 N–H and O–H groups in total. The second-order valence-electron chi connectivity index (χ2n) is 6.81. The van der Waals surface area contributed by atoms with Gasteiger partial charge in [0.2, 0.25) is 10.0 Å². The molecule has 0 aromatic heterocycles. The van der Waals surface area contributed by atoms with Crippen LogP contribution in [0.15, 0.2) is 53.4 Å². The number of rotatable bonds is 7. The van der Waals surface area contributed by atoms with Crippen molar-refractivity contribution in [3.63, 3.8) is 0 Å². The van der Waals surface area contributed by atoms with Crippen LogP contribution in [0.4, 0.5) is 5.69 Å². The fourth-order valence-electron chi connectivity index (χ4n) is 2.63. The predicted octanol–water partition coefficient (Wildman–Crippen LogP) is 3.89. The summed E-state index contributed by atoms with van der Waals surface area (Å²) in [7, 11) is -3.57. The van der Waals surface area contributed by atoms with Crippen LogP contribution in [-0.4, -0.2) is 20.4 Å². The van der Waals surface area contributed by atoms with Crippen molar-refractivity contribution in [3.8, 4) is 0 Å². The van der Waals surface area contributed by atoms with Crippen molar-refractivity contribution in [3.05, 3.63) is 59.7 Å². The van der Waals surface area contributed by atoms with Crippen LogP contribution in [0.1, 0.15) is 54.9 Å². The van der Waals surface area contributed by atoms with Gasteiger partial charge in [0.15, 0.2) is 0 Å². The van der Waals surface area contributed by atoms with Gasteiger partial charge in [0.1, 0.15) is 0 Å². The molecule has 1 atom stereocenters. The molecule has 0 spiro atoms. The van der Waals surface area contributed by atoms with Gasteiger partial charge in [-0.05, 0) is 61.1 Å². The molecule has 2 aromatic rings. The molecular weight excluding hydrogens is 348 g/mol. The fraction of sp³-hybridized carbons (Fsp3) is 0.350. The van der Waals surface area contributed by atoms with Gasteiger partial charge in [-0.3, -0.25) is 4.79 Å². The van der Waals surface area contributed by atoms with E-state index in [4.69, 9.17) is 0 Å². The molecule has 0 heterocycles. The second-order valence-corrected chi connectivity index (χ2v) is 8.52. The Balaban J connectivity index is 1.72. The van der Waals surface area contributed by atoms with Crippen molar-refractivity contribution >= 4 is 21.6 Å². The molecule has 6 heteroatoms. The Morgan fingerprint density at radius 2 is 1.85 bits per heavy atom. The first-order valence-electron chi connectivity index (χ1n) is 8.92. The smallest absolute Gasteiger partial charge is 0.255 e. The SMILES string of the molecule is CCC(C)c1ccc(NC(=O)c2cccc(S(=O)(=O)NC3CC3)c2)cc1. The largest absolute Gasteiger partial charge is 0.322 e. The van der Waals surface area contributed by atoms with Gasteiger partial charge >= 0.3 is 0 Å². The first kappa shape index (κ1) is 18.6. The molecule has 0 radical (unpaired) electrons. The van der Waals surface area contributed by atoms with Crippen molar-refractivity contribution in [2.75, 3.05) is 5.32 Å². The van der Waals surface area contributed by atoms with Gasteiger partial charge in [-0.2, -0.15) is 0 Å². The number of carbonyl (C=O) groups is 1. The lowest BCUT2D eigenvalue weighted by Crippen LogP contribution is -2.26. The topological polar surface area (TPSA) is 75.3 Å². The average Bonchev–Trinajstić information content (AvgIpc) is 3.45. The van der Waals surface area contributed by atoms with E-state index in [1.165, 1.54) is 17.7 Å². The maximum Gasteiger partial charge on any atom is 0.255 e. The summed E-state index contributed by atoms with van der Waals surface area (Å²) in [5.41, 5.74) is 2.23. The highest BCUT2D eigenvalue weighted by Gasteiger charge is 2.28. The van der Waals surface area contributed by atoms with Crippen LogP contribution in [0.5, 0.6) is 0 Å². The highest BCUT2D eigenvalue weighted by molar-refractivity contribution is 7.89. The van der Waals surface area contributed by atoms with Crippen molar-refractivity contribution in [2.45, 2.75) is 50.0 Å². The summed E-state index contributed by atoms with van der Waals surface area (Å²) >= 11 is 0. The van der Waals surface area contributed by atoms with Gasteiger partial charge in [0.05, 0.1) is 4.90 Å². The maximum atomic E-state index is 12.5. The average molecular weight is 372 g/mol. The van der Waals surface area contributed by atoms with Crippen LogP contribution < -0.4 is 10.0 Å². The molecule has 2 aromatic carbocycles. The minimum Gasteiger partial charge on any atom is -0.322 e. The molecule has 1 amide bonds. The summed E-state index contributed by atoms with van der Waals surface area (Å²) in [4.78, 5) is 12.6. The third kappa shape index (κ3) is 4.51. The van der Waals surface area contributed by atoms with E-state index < -0.39 is 10.0 Å². The lowest BCUT2D eigenvalue weighted by Gasteiger charge is -2.11. The van der Waals surface area contributed by atoms with E-state index in [1.54, 1.807) is 12.1 Å². The summed E-state index contributed by atoms with van der Waals surface area (Å²) < 4.78 is 27.2. The molecule has 138 valence electrons. The number of anilines is 1. The van der Waals surface area contributed by atoms with Crippen LogP contribution in [0.2, 0.25) is 0 Å². The van der Waals surface area contributed by atoms with Crippen molar-refractivity contribution in [1.29, 1.82) is 0 Å². The monoisotopic (exact) mass is 372 g/mol. The predicted molar refractivity (Wildman–Crippen MR) is 103 cm³/mol. The van der Waals surface area contributed by atoms with E-state index in [1.807, 2.05) is 24.3 Å². The second kappa shape index (κ2) is 7.60. The highest BCUT2D eigenvalue weighted by atomic mass is 32.2. The molecule has 1 aliphatic carbocycles. The zero-order chi connectivity index (χ0) is 18.7. The first-order chi connectivity index (χ1) is 12.4. The van der Waals surface area contributed by atoms with Crippen molar-refractivity contribution < 1.29 is 13.2 Å². The minimum atomic E-state index is -3.57. The zero-order valence-electron chi connectivity index (χ0n) is 15.0. The van der Waals surface area contributed by atoms with Crippen molar-refractivity contribution in [1.82, 2.24) is 4.72 Å². The third-order valence-corrected chi connectivity index (χ3v) is 6.17. The van der Waals surface area contributed by atoms with E-state index in [0.717, 1.165) is 19.3 Å². The van der Waals surface area contributed by atoms with Crippen LogP contribution in [-0.2, 0) is 10.0 Å². The summed E-state index contributed by atoms with van der Waals surface area (Å²) in [6.07, 6.45) is 2.79. The van der Waals surface area contributed by atoms with Crippen LogP contribution in [0, 0.1) is 0 Å². The van der Waals surface area contributed by atoms with Crippen LogP contribution in [0.3, 0.4) is 0 Å². The Hall–Kier alpha value is -2.18. The molecule has 3 rings (SSSR count). The van der Waals surface area contributed by atoms with Crippen LogP contribution in [0.25, 0.3) is 0 Å². The minimum absolute atomic E-state index is 0.0292. The van der Waals surface area contributed by atoms with E-state index >= 15 is 0 Å². The quantitative estimate of drug-likeness (QED) is 0.774. The van der Waals surface area contributed by atoms with Gasteiger partial charge in [-0.25, -0.2) is 13.1 Å². The highest BCUT2D eigenvalue weighted by Crippen LogP contribution is 2.23. The van der Waals surface area contributed by atoms with Crippen molar-refractivity contribution in [2.24, 2.45) is 0 Å². The lowest BCUT2D eigenvalue weighted by atomic mass is 9.98. The van der Waals surface area contributed by atoms with Gasteiger partial charge in [-0.15, -0.1) is 0 Å². The fourth-order valence-corrected chi connectivity index (χ4v) is 3.98. The molecule has 0 bridgehead atoms. The van der Waals surface area contributed by atoms with Gasteiger partial charge < -0.3 is 5.32 Å². The summed E-state index contributed by atoms with van der Waals surface area (Å²) in [5, 5.41) is 2.82. The molecule has 1 saturated carbocycles. The Bertz CT molecular complexity index is 888. The Morgan fingerprint density at radius 3 is 2.46 bits per heavy atom. The molecule has 0 aliphatic heterocycles. The molecule has 5 nitrogen and oxygen atoms in total. The standard InChI is InChI=1S/C20H24N2O3S/c1-3-14(2)15-7-9-17(10-8-15)21-20(23)16-5-4-6-19(13-16)26(24,25)22-18-11-12-18/h4-10,13-14,18,22H,3,11-12H2,1-2H3,(H,21,23). The van der Waals surface area contributed by atoms with Gasteiger partial charge in [0, 0.05) is 17.3 Å². The number of hydrogen-bond donors (Lipinski definition) is 2.